The lowest BCUT2D eigenvalue weighted by Crippen LogP contribution is -2.51. The van der Waals surface area contributed by atoms with Crippen LogP contribution in [0.25, 0.3) is 5.57 Å². The van der Waals surface area contributed by atoms with Gasteiger partial charge in [0.1, 0.15) is 0 Å². The number of carbonyl (C=O) groups excluding carboxylic acids is 1. The zero-order chi connectivity index (χ0) is 19.5. The van der Waals surface area contributed by atoms with Gasteiger partial charge in [-0.2, -0.15) is 0 Å². The zero-order valence-electron chi connectivity index (χ0n) is 17.5. The lowest BCUT2D eigenvalue weighted by molar-refractivity contribution is -0.143. The molecule has 150 valence electrons. The predicted molar refractivity (Wildman–Crippen MR) is 110 cm³/mol. The third-order valence-electron chi connectivity index (χ3n) is 9.15. The van der Waals surface area contributed by atoms with Crippen LogP contribution in [0.1, 0.15) is 69.9 Å². The summed E-state index contributed by atoms with van der Waals surface area (Å²) in [7, 11) is 0. The van der Waals surface area contributed by atoms with E-state index >= 15 is 0 Å². The van der Waals surface area contributed by atoms with Crippen molar-refractivity contribution in [2.45, 2.75) is 65.7 Å². The molecule has 28 heavy (non-hydrogen) atoms. The lowest BCUT2D eigenvalue weighted by Gasteiger charge is -2.58. The molecule has 3 heteroatoms. The van der Waals surface area contributed by atoms with E-state index in [2.05, 4.69) is 44.1 Å². The minimum absolute atomic E-state index is 0.0320. The number of hydrogen-bond donors (Lipinski definition) is 0. The van der Waals surface area contributed by atoms with Gasteiger partial charge in [0.2, 0.25) is 0 Å². The molecule has 1 aromatic heterocycles. The molecule has 0 aromatic carbocycles. The Balaban J connectivity index is 1.45. The fourth-order valence-corrected chi connectivity index (χ4v) is 7.62. The molecule has 0 amide bonds. The molecule has 6 atom stereocenters. The van der Waals surface area contributed by atoms with Crippen molar-refractivity contribution >= 4 is 11.5 Å². The minimum Gasteiger partial charge on any atom is -0.466 e. The number of fused-ring (bicyclic) bond motifs is 5. The molecule has 0 bridgehead atoms. The van der Waals surface area contributed by atoms with E-state index < -0.39 is 0 Å². The molecule has 3 fully saturated rings. The van der Waals surface area contributed by atoms with Gasteiger partial charge in [0.25, 0.3) is 0 Å². The Hall–Kier alpha value is -1.64. The quantitative estimate of drug-likeness (QED) is 0.598. The first-order valence-electron chi connectivity index (χ1n) is 11.2. The molecule has 5 rings (SSSR count). The first-order valence-corrected chi connectivity index (χ1v) is 11.2. The van der Waals surface area contributed by atoms with Crippen LogP contribution in [-0.4, -0.2) is 17.6 Å². The average molecular weight is 380 g/mol. The standard InChI is InChI=1S/C25H33NO2/c1-16-12-17(15-26-14-16)20-6-7-21-19-5-4-18-13-23(27)28-11-10-24(18,2)22(19)8-9-25(20,21)3/h6,12,14-15,18-19,21-22H,4-5,7-11,13H2,1-3H3/t18?,19-,21?,22?,24-,25+/m0/s1. The van der Waals surface area contributed by atoms with Gasteiger partial charge >= 0.3 is 5.97 Å². The number of aryl methyl sites for hydroxylation is 1. The van der Waals surface area contributed by atoms with Crippen LogP contribution in [0.3, 0.4) is 0 Å². The van der Waals surface area contributed by atoms with Crippen LogP contribution in [0.5, 0.6) is 0 Å². The molecule has 0 spiro atoms. The van der Waals surface area contributed by atoms with Crippen LogP contribution in [0.15, 0.2) is 24.5 Å². The summed E-state index contributed by atoms with van der Waals surface area (Å²) in [6.45, 7) is 7.76. The number of ether oxygens (including phenoxy) is 1. The Morgan fingerprint density at radius 1 is 1.11 bits per heavy atom. The molecule has 3 unspecified atom stereocenters. The molecule has 4 aliphatic rings. The summed E-state index contributed by atoms with van der Waals surface area (Å²) in [6.07, 6.45) is 14.5. The second-order valence-corrected chi connectivity index (χ2v) is 10.4. The molecule has 1 aliphatic heterocycles. The molecular weight excluding hydrogens is 346 g/mol. The molecular formula is C25H33NO2. The number of pyridine rings is 1. The Morgan fingerprint density at radius 2 is 1.96 bits per heavy atom. The van der Waals surface area contributed by atoms with Crippen molar-refractivity contribution in [3.63, 3.8) is 0 Å². The number of allylic oxidation sites excluding steroid dienone is 2. The molecule has 0 radical (unpaired) electrons. The van der Waals surface area contributed by atoms with Gasteiger partial charge in [0.15, 0.2) is 0 Å². The summed E-state index contributed by atoms with van der Waals surface area (Å²) in [5.74, 6) is 2.80. The number of cyclic esters (lactones) is 1. The van der Waals surface area contributed by atoms with E-state index in [1.165, 1.54) is 43.2 Å². The number of carbonyl (C=O) groups is 1. The second-order valence-electron chi connectivity index (χ2n) is 10.4. The summed E-state index contributed by atoms with van der Waals surface area (Å²) in [5.41, 5.74) is 4.66. The average Bonchev–Trinajstić information content (AvgIpc) is 2.93. The van der Waals surface area contributed by atoms with Crippen molar-refractivity contribution in [2.75, 3.05) is 6.61 Å². The number of nitrogens with zero attached hydrogens (tertiary/aromatic N) is 1. The molecule has 0 N–H and O–H groups in total. The topological polar surface area (TPSA) is 39.2 Å². The van der Waals surface area contributed by atoms with E-state index in [4.69, 9.17) is 4.74 Å². The Labute approximate surface area is 169 Å². The Bertz CT molecular complexity index is 830. The zero-order valence-corrected chi connectivity index (χ0v) is 17.5. The highest BCUT2D eigenvalue weighted by molar-refractivity contribution is 5.73. The fourth-order valence-electron chi connectivity index (χ4n) is 7.62. The molecule has 3 aliphatic carbocycles. The molecule has 2 saturated carbocycles. The SMILES string of the molecule is Cc1cncc(C2=CCC3[C@@H]4CCC5CC(=O)OCC[C@]5(C)C4CC[C@]23C)c1. The maximum absolute atomic E-state index is 12.1. The fraction of sp³-hybridized carbons (Fsp3) is 0.680. The van der Waals surface area contributed by atoms with Gasteiger partial charge in [0.05, 0.1) is 6.61 Å². The van der Waals surface area contributed by atoms with Gasteiger partial charge in [0, 0.05) is 18.8 Å². The van der Waals surface area contributed by atoms with Gasteiger partial charge in [-0.3, -0.25) is 9.78 Å². The maximum Gasteiger partial charge on any atom is 0.306 e. The minimum atomic E-state index is 0.0320. The van der Waals surface area contributed by atoms with Crippen molar-refractivity contribution in [2.24, 2.45) is 34.5 Å². The van der Waals surface area contributed by atoms with Gasteiger partial charge < -0.3 is 4.74 Å². The Kier molecular flexibility index (Phi) is 4.23. The highest BCUT2D eigenvalue weighted by Gasteiger charge is 2.58. The van der Waals surface area contributed by atoms with E-state index in [0.717, 1.165) is 24.2 Å². The third-order valence-corrected chi connectivity index (χ3v) is 9.15. The van der Waals surface area contributed by atoms with E-state index in [9.17, 15) is 4.79 Å². The predicted octanol–water partition coefficient (Wildman–Crippen LogP) is 5.58. The van der Waals surface area contributed by atoms with E-state index in [1.807, 2.05) is 6.20 Å². The van der Waals surface area contributed by atoms with Crippen LogP contribution >= 0.6 is 0 Å². The highest BCUT2D eigenvalue weighted by atomic mass is 16.5. The number of esters is 1. The van der Waals surface area contributed by atoms with Crippen molar-refractivity contribution in [1.29, 1.82) is 0 Å². The molecule has 1 saturated heterocycles. The van der Waals surface area contributed by atoms with Crippen LogP contribution in [-0.2, 0) is 9.53 Å². The monoisotopic (exact) mass is 379 g/mol. The summed E-state index contributed by atoms with van der Waals surface area (Å²) in [4.78, 5) is 16.5. The highest BCUT2D eigenvalue weighted by Crippen LogP contribution is 2.66. The largest absolute Gasteiger partial charge is 0.466 e. The van der Waals surface area contributed by atoms with E-state index in [1.54, 1.807) is 5.57 Å². The van der Waals surface area contributed by atoms with Gasteiger partial charge in [-0.05, 0) is 103 Å². The van der Waals surface area contributed by atoms with Gasteiger partial charge in [-0.15, -0.1) is 0 Å². The first kappa shape index (κ1) is 18.4. The van der Waals surface area contributed by atoms with Crippen molar-refractivity contribution in [3.8, 4) is 0 Å². The molecule has 1 aromatic rings. The van der Waals surface area contributed by atoms with Crippen molar-refractivity contribution < 1.29 is 9.53 Å². The van der Waals surface area contributed by atoms with Crippen molar-refractivity contribution in [1.82, 2.24) is 4.98 Å². The van der Waals surface area contributed by atoms with E-state index in [0.29, 0.717) is 18.9 Å². The van der Waals surface area contributed by atoms with Crippen LogP contribution in [0, 0.1) is 41.4 Å². The normalized spacial score (nSPS) is 42.5. The summed E-state index contributed by atoms with van der Waals surface area (Å²) in [5, 5.41) is 0. The number of rotatable bonds is 1. The molecule has 3 nitrogen and oxygen atoms in total. The third kappa shape index (κ3) is 2.61. The second kappa shape index (κ2) is 6.43. The lowest BCUT2D eigenvalue weighted by atomic mass is 9.46. The van der Waals surface area contributed by atoms with Gasteiger partial charge in [-0.1, -0.05) is 19.9 Å². The van der Waals surface area contributed by atoms with E-state index in [-0.39, 0.29) is 16.8 Å². The van der Waals surface area contributed by atoms with Crippen molar-refractivity contribution in [3.05, 3.63) is 35.7 Å². The summed E-state index contributed by atoms with van der Waals surface area (Å²) < 4.78 is 5.48. The van der Waals surface area contributed by atoms with Crippen LogP contribution in [0.2, 0.25) is 0 Å². The Morgan fingerprint density at radius 3 is 2.79 bits per heavy atom. The molecule has 2 heterocycles. The summed E-state index contributed by atoms with van der Waals surface area (Å²) >= 11 is 0. The number of hydrogen-bond acceptors (Lipinski definition) is 3. The van der Waals surface area contributed by atoms with Crippen LogP contribution in [0.4, 0.5) is 0 Å². The maximum atomic E-state index is 12.1. The van der Waals surface area contributed by atoms with Gasteiger partial charge in [-0.25, -0.2) is 0 Å². The first-order chi connectivity index (χ1) is 13.4. The number of aromatic nitrogens is 1. The summed E-state index contributed by atoms with van der Waals surface area (Å²) in [6, 6.07) is 2.31. The smallest absolute Gasteiger partial charge is 0.306 e. The van der Waals surface area contributed by atoms with Crippen LogP contribution < -0.4 is 0 Å².